The topological polar surface area (TPSA) is 63.6 Å². The molecule has 0 aromatic heterocycles. The second-order valence-corrected chi connectivity index (χ2v) is 5.28. The minimum atomic E-state index is -1.12. The molecule has 2 rings (SSSR count). The van der Waals surface area contributed by atoms with Gasteiger partial charge >= 0.3 is 11.9 Å². The molecule has 0 bridgehead atoms. The second kappa shape index (κ2) is 8.73. The quantitative estimate of drug-likeness (QED) is 0.592. The largest absolute Gasteiger partial charge is 0.478 e. The van der Waals surface area contributed by atoms with E-state index in [4.69, 9.17) is 9.84 Å². The molecule has 0 saturated heterocycles. The minimum absolute atomic E-state index is 0.0263. The number of carbonyl (C=O) groups is 2. The van der Waals surface area contributed by atoms with Crippen molar-refractivity contribution in [2.45, 2.75) is 25.7 Å². The molecule has 0 aliphatic rings. The van der Waals surface area contributed by atoms with Gasteiger partial charge in [-0.3, -0.25) is 0 Å². The van der Waals surface area contributed by atoms with Crippen molar-refractivity contribution >= 4 is 11.9 Å². The maximum atomic E-state index is 11.9. The third kappa shape index (κ3) is 5.25. The number of ether oxygens (including phenoxy) is 1. The highest BCUT2D eigenvalue weighted by Crippen LogP contribution is 2.11. The average Bonchev–Trinajstić information content (AvgIpc) is 2.58. The third-order valence-corrected chi connectivity index (χ3v) is 3.56. The molecule has 2 aromatic carbocycles. The molecular weight excluding hydrogens is 292 g/mol. The standard InChI is InChI=1S/C19H20O4/c20-18(21)16-12-6-7-13-17(16)19(22)23-14-8-2-5-11-15-9-3-1-4-10-15/h1,3-4,6-7,9-10,12-13H,2,5,8,11,14H2,(H,20,21). The van der Waals surface area contributed by atoms with E-state index in [9.17, 15) is 9.59 Å². The fourth-order valence-electron chi connectivity index (χ4n) is 2.34. The molecule has 0 unspecified atom stereocenters. The zero-order valence-corrected chi connectivity index (χ0v) is 12.9. The van der Waals surface area contributed by atoms with E-state index in [1.165, 1.54) is 17.7 Å². The van der Waals surface area contributed by atoms with E-state index < -0.39 is 11.9 Å². The van der Waals surface area contributed by atoms with Crippen molar-refractivity contribution in [1.82, 2.24) is 0 Å². The molecule has 120 valence electrons. The van der Waals surface area contributed by atoms with Gasteiger partial charge in [0.2, 0.25) is 0 Å². The number of carbonyl (C=O) groups excluding carboxylic acids is 1. The first-order valence-electron chi connectivity index (χ1n) is 7.72. The van der Waals surface area contributed by atoms with Crippen molar-refractivity contribution in [3.05, 3.63) is 71.3 Å². The van der Waals surface area contributed by atoms with Crippen LogP contribution in [0, 0.1) is 0 Å². The minimum Gasteiger partial charge on any atom is -0.478 e. The van der Waals surface area contributed by atoms with Gasteiger partial charge in [0.05, 0.1) is 17.7 Å². The van der Waals surface area contributed by atoms with E-state index in [1.807, 2.05) is 18.2 Å². The van der Waals surface area contributed by atoms with Crippen molar-refractivity contribution < 1.29 is 19.4 Å². The lowest BCUT2D eigenvalue weighted by molar-refractivity contribution is 0.0487. The summed E-state index contributed by atoms with van der Waals surface area (Å²) in [6, 6.07) is 16.3. The first kappa shape index (κ1) is 16.7. The smallest absolute Gasteiger partial charge is 0.339 e. The Morgan fingerprint density at radius 1 is 0.826 bits per heavy atom. The van der Waals surface area contributed by atoms with Gasteiger partial charge in [0.15, 0.2) is 0 Å². The number of aryl methyl sites for hydroxylation is 1. The first-order chi connectivity index (χ1) is 11.2. The summed E-state index contributed by atoms with van der Waals surface area (Å²) in [7, 11) is 0. The van der Waals surface area contributed by atoms with Gasteiger partial charge in [-0.15, -0.1) is 0 Å². The summed E-state index contributed by atoms with van der Waals surface area (Å²) >= 11 is 0. The molecule has 23 heavy (non-hydrogen) atoms. The molecule has 0 aliphatic heterocycles. The van der Waals surface area contributed by atoms with E-state index >= 15 is 0 Å². The maximum Gasteiger partial charge on any atom is 0.339 e. The number of aromatic carboxylic acids is 1. The molecule has 0 fully saturated rings. The molecule has 0 heterocycles. The van der Waals surface area contributed by atoms with Gasteiger partial charge in [0, 0.05) is 0 Å². The van der Waals surface area contributed by atoms with Crippen LogP contribution >= 0.6 is 0 Å². The summed E-state index contributed by atoms with van der Waals surface area (Å²) in [5.74, 6) is -1.70. The number of carboxylic acids is 1. The fourth-order valence-corrected chi connectivity index (χ4v) is 2.34. The molecule has 0 saturated carbocycles. The number of hydrogen-bond donors (Lipinski definition) is 1. The molecule has 2 aromatic rings. The Hall–Kier alpha value is -2.62. The first-order valence-corrected chi connectivity index (χ1v) is 7.72. The lowest BCUT2D eigenvalue weighted by atomic mass is 10.1. The molecule has 4 nitrogen and oxygen atoms in total. The number of rotatable bonds is 8. The molecule has 4 heteroatoms. The Labute approximate surface area is 135 Å². The van der Waals surface area contributed by atoms with E-state index in [-0.39, 0.29) is 11.1 Å². The Morgan fingerprint density at radius 2 is 1.48 bits per heavy atom. The highest BCUT2D eigenvalue weighted by Gasteiger charge is 2.16. The van der Waals surface area contributed by atoms with Crippen LogP contribution in [0.2, 0.25) is 0 Å². The van der Waals surface area contributed by atoms with Crippen LogP contribution in [0.25, 0.3) is 0 Å². The zero-order chi connectivity index (χ0) is 16.5. The SMILES string of the molecule is O=C(O)c1ccccc1C(=O)OCCCCCc1ccccc1. The van der Waals surface area contributed by atoms with Crippen LogP contribution in [0.5, 0.6) is 0 Å². The fraction of sp³-hybridized carbons (Fsp3) is 0.263. The summed E-state index contributed by atoms with van der Waals surface area (Å²) in [6.07, 6.45) is 3.78. The van der Waals surface area contributed by atoms with Gasteiger partial charge in [-0.05, 0) is 43.4 Å². The number of carboxylic acid groups (broad SMARTS) is 1. The van der Waals surface area contributed by atoms with Crippen molar-refractivity contribution in [1.29, 1.82) is 0 Å². The average molecular weight is 312 g/mol. The summed E-state index contributed by atoms with van der Waals surface area (Å²) in [4.78, 5) is 23.0. The molecule has 0 aliphatic carbocycles. The number of unbranched alkanes of at least 4 members (excludes halogenated alkanes) is 2. The van der Waals surface area contributed by atoms with Gasteiger partial charge < -0.3 is 9.84 Å². The Kier molecular flexibility index (Phi) is 6.36. The number of benzene rings is 2. The molecule has 0 amide bonds. The van der Waals surface area contributed by atoms with Crippen LogP contribution in [0.3, 0.4) is 0 Å². The van der Waals surface area contributed by atoms with Crippen LogP contribution in [0.4, 0.5) is 0 Å². The molecule has 0 radical (unpaired) electrons. The van der Waals surface area contributed by atoms with Crippen molar-refractivity contribution in [2.75, 3.05) is 6.61 Å². The van der Waals surface area contributed by atoms with Crippen LogP contribution in [0.15, 0.2) is 54.6 Å². The lowest BCUT2D eigenvalue weighted by Crippen LogP contribution is -2.12. The van der Waals surface area contributed by atoms with E-state index in [1.54, 1.807) is 12.1 Å². The monoisotopic (exact) mass is 312 g/mol. The summed E-state index contributed by atoms with van der Waals surface area (Å²) in [6.45, 7) is 0.307. The summed E-state index contributed by atoms with van der Waals surface area (Å²) in [5, 5.41) is 9.06. The maximum absolute atomic E-state index is 11.9. The van der Waals surface area contributed by atoms with Gasteiger partial charge in [-0.25, -0.2) is 9.59 Å². The van der Waals surface area contributed by atoms with E-state index in [0.717, 1.165) is 25.7 Å². The molecule has 0 atom stereocenters. The number of esters is 1. The van der Waals surface area contributed by atoms with Crippen LogP contribution in [-0.2, 0) is 11.2 Å². The number of hydrogen-bond acceptors (Lipinski definition) is 3. The molecule has 0 spiro atoms. The third-order valence-electron chi connectivity index (χ3n) is 3.56. The summed E-state index contributed by atoms with van der Waals surface area (Å²) < 4.78 is 5.17. The van der Waals surface area contributed by atoms with Crippen LogP contribution < -0.4 is 0 Å². The highest BCUT2D eigenvalue weighted by atomic mass is 16.5. The van der Waals surface area contributed by atoms with Gasteiger partial charge in [0.25, 0.3) is 0 Å². The predicted molar refractivity (Wildman–Crippen MR) is 87.7 cm³/mol. The van der Waals surface area contributed by atoms with Crippen LogP contribution in [0.1, 0.15) is 45.5 Å². The predicted octanol–water partition coefficient (Wildman–Crippen LogP) is 3.95. The van der Waals surface area contributed by atoms with Crippen LogP contribution in [-0.4, -0.2) is 23.7 Å². The van der Waals surface area contributed by atoms with Crippen molar-refractivity contribution in [2.24, 2.45) is 0 Å². The van der Waals surface area contributed by atoms with Crippen molar-refractivity contribution in [3.8, 4) is 0 Å². The Bertz CT molecular complexity index is 649. The van der Waals surface area contributed by atoms with E-state index in [2.05, 4.69) is 12.1 Å². The lowest BCUT2D eigenvalue weighted by Gasteiger charge is -2.07. The summed E-state index contributed by atoms with van der Waals surface area (Å²) in [5.41, 5.74) is 1.38. The zero-order valence-electron chi connectivity index (χ0n) is 12.9. The van der Waals surface area contributed by atoms with Crippen molar-refractivity contribution in [3.63, 3.8) is 0 Å². The molecule has 1 N–H and O–H groups in total. The highest BCUT2D eigenvalue weighted by molar-refractivity contribution is 6.02. The van der Waals surface area contributed by atoms with Gasteiger partial charge in [-0.1, -0.05) is 42.5 Å². The second-order valence-electron chi connectivity index (χ2n) is 5.28. The Balaban J connectivity index is 1.70. The molecular formula is C19H20O4. The van der Waals surface area contributed by atoms with Gasteiger partial charge in [-0.2, -0.15) is 0 Å². The van der Waals surface area contributed by atoms with E-state index in [0.29, 0.717) is 6.61 Å². The van der Waals surface area contributed by atoms with Gasteiger partial charge in [0.1, 0.15) is 0 Å². The Morgan fingerprint density at radius 3 is 2.17 bits per heavy atom. The normalized spacial score (nSPS) is 10.3.